The number of aromatic amines is 1. The number of H-pyrrole nitrogens is 1. The maximum atomic E-state index is 13.3. The number of aromatic nitrogens is 1. The Balaban J connectivity index is 1.69. The van der Waals surface area contributed by atoms with Crippen molar-refractivity contribution in [1.29, 1.82) is 0 Å². The van der Waals surface area contributed by atoms with Crippen LogP contribution in [0.15, 0.2) is 72.2 Å². The average molecular weight is 405 g/mol. The van der Waals surface area contributed by atoms with Crippen molar-refractivity contribution in [3.8, 4) is 5.75 Å². The molecule has 0 spiro atoms. The fourth-order valence-corrected chi connectivity index (χ4v) is 4.47. The Hall–Kier alpha value is -3.05. The summed E-state index contributed by atoms with van der Waals surface area (Å²) in [6.45, 7) is 3.97. The summed E-state index contributed by atoms with van der Waals surface area (Å²) in [6.07, 6.45) is 2.11. The Morgan fingerprint density at radius 1 is 1.03 bits per heavy atom. The van der Waals surface area contributed by atoms with Gasteiger partial charge in [-0.15, -0.1) is 11.3 Å². The molecule has 1 N–H and O–H groups in total. The lowest BCUT2D eigenvalue weighted by Crippen LogP contribution is -2.31. The van der Waals surface area contributed by atoms with Crippen LogP contribution in [0.1, 0.15) is 40.7 Å². The molecule has 2 heterocycles. The Morgan fingerprint density at radius 3 is 2.48 bits per heavy atom. The van der Waals surface area contributed by atoms with E-state index >= 15 is 0 Å². The van der Waals surface area contributed by atoms with Gasteiger partial charge in [0.05, 0.1) is 12.1 Å². The van der Waals surface area contributed by atoms with E-state index in [9.17, 15) is 4.79 Å². The SMILES string of the molecule is CC(C)Oc1ccc(C(=O)N(C)C(c2cccs2)c2c[nH]c3ccccc23)cc1. The highest BCUT2D eigenvalue weighted by Crippen LogP contribution is 2.36. The third-order valence-electron chi connectivity index (χ3n) is 4.91. The number of fused-ring (bicyclic) bond motifs is 1. The molecule has 148 valence electrons. The monoisotopic (exact) mass is 404 g/mol. The van der Waals surface area contributed by atoms with E-state index in [-0.39, 0.29) is 18.1 Å². The van der Waals surface area contributed by atoms with E-state index in [0.717, 1.165) is 27.1 Å². The van der Waals surface area contributed by atoms with E-state index in [1.165, 1.54) is 0 Å². The van der Waals surface area contributed by atoms with Gasteiger partial charge in [-0.2, -0.15) is 0 Å². The quantitative estimate of drug-likeness (QED) is 0.436. The maximum absolute atomic E-state index is 13.3. The molecule has 4 aromatic rings. The van der Waals surface area contributed by atoms with Gasteiger partial charge in [-0.05, 0) is 55.6 Å². The lowest BCUT2D eigenvalue weighted by atomic mass is 10.0. The fraction of sp³-hybridized carbons (Fsp3) is 0.208. The molecule has 0 aliphatic heterocycles. The van der Waals surface area contributed by atoms with Crippen LogP contribution in [-0.2, 0) is 0 Å². The number of carbonyl (C=O) groups is 1. The van der Waals surface area contributed by atoms with E-state index in [1.54, 1.807) is 11.3 Å². The number of nitrogens with one attached hydrogen (secondary N) is 1. The van der Waals surface area contributed by atoms with Crippen molar-refractivity contribution in [3.63, 3.8) is 0 Å². The van der Waals surface area contributed by atoms with Crippen molar-refractivity contribution >= 4 is 28.1 Å². The summed E-state index contributed by atoms with van der Waals surface area (Å²) >= 11 is 1.66. The molecule has 5 heteroatoms. The van der Waals surface area contributed by atoms with E-state index in [2.05, 4.69) is 23.2 Å². The van der Waals surface area contributed by atoms with Crippen molar-refractivity contribution in [3.05, 3.63) is 88.2 Å². The van der Waals surface area contributed by atoms with E-state index in [4.69, 9.17) is 4.74 Å². The highest BCUT2D eigenvalue weighted by atomic mass is 32.1. The van der Waals surface area contributed by atoms with Crippen LogP contribution in [-0.4, -0.2) is 28.9 Å². The number of thiophene rings is 1. The molecule has 0 aliphatic carbocycles. The zero-order chi connectivity index (χ0) is 20.4. The highest BCUT2D eigenvalue weighted by molar-refractivity contribution is 7.10. The van der Waals surface area contributed by atoms with Crippen LogP contribution in [0.5, 0.6) is 5.75 Å². The molecule has 29 heavy (non-hydrogen) atoms. The molecule has 0 bridgehead atoms. The first-order valence-corrected chi connectivity index (χ1v) is 10.6. The van der Waals surface area contributed by atoms with Gasteiger partial charge in [0.15, 0.2) is 0 Å². The van der Waals surface area contributed by atoms with Gasteiger partial charge in [0, 0.05) is 40.2 Å². The van der Waals surface area contributed by atoms with Crippen LogP contribution in [0.25, 0.3) is 10.9 Å². The smallest absolute Gasteiger partial charge is 0.254 e. The number of para-hydroxylation sites is 1. The number of ether oxygens (including phenoxy) is 1. The summed E-state index contributed by atoms with van der Waals surface area (Å²) in [5.41, 5.74) is 2.81. The number of amides is 1. The molecule has 1 unspecified atom stereocenters. The Bertz CT molecular complexity index is 1100. The van der Waals surface area contributed by atoms with Crippen molar-refractivity contribution < 1.29 is 9.53 Å². The molecule has 0 saturated heterocycles. The van der Waals surface area contributed by atoms with E-state index in [1.807, 2.05) is 79.8 Å². The van der Waals surface area contributed by atoms with Crippen LogP contribution >= 0.6 is 11.3 Å². The zero-order valence-electron chi connectivity index (χ0n) is 16.8. The third-order valence-corrected chi connectivity index (χ3v) is 5.83. The molecular formula is C24H24N2O2S. The topological polar surface area (TPSA) is 45.3 Å². The highest BCUT2D eigenvalue weighted by Gasteiger charge is 2.27. The molecule has 4 rings (SSSR count). The lowest BCUT2D eigenvalue weighted by Gasteiger charge is -2.28. The fourth-order valence-electron chi connectivity index (χ4n) is 3.59. The second-order valence-corrected chi connectivity index (χ2v) is 8.29. The second-order valence-electron chi connectivity index (χ2n) is 7.31. The van der Waals surface area contributed by atoms with Gasteiger partial charge in [0.25, 0.3) is 5.91 Å². The number of benzene rings is 2. The Morgan fingerprint density at radius 2 is 1.79 bits per heavy atom. The number of nitrogens with zero attached hydrogens (tertiary/aromatic N) is 1. The molecule has 0 radical (unpaired) electrons. The van der Waals surface area contributed by atoms with Gasteiger partial charge in [-0.25, -0.2) is 0 Å². The molecular weight excluding hydrogens is 380 g/mol. The summed E-state index contributed by atoms with van der Waals surface area (Å²) < 4.78 is 5.70. The first-order chi connectivity index (χ1) is 14.0. The van der Waals surface area contributed by atoms with Gasteiger partial charge in [-0.3, -0.25) is 4.79 Å². The van der Waals surface area contributed by atoms with Crippen LogP contribution < -0.4 is 4.74 Å². The Kier molecular flexibility index (Phi) is 5.41. The number of hydrogen-bond donors (Lipinski definition) is 1. The largest absolute Gasteiger partial charge is 0.491 e. The molecule has 0 aliphatic rings. The minimum Gasteiger partial charge on any atom is -0.491 e. The van der Waals surface area contributed by atoms with Gasteiger partial charge in [0.2, 0.25) is 0 Å². The third kappa shape index (κ3) is 3.91. The first-order valence-electron chi connectivity index (χ1n) is 9.68. The number of hydrogen-bond acceptors (Lipinski definition) is 3. The van der Waals surface area contributed by atoms with Crippen molar-refractivity contribution in [2.75, 3.05) is 7.05 Å². The average Bonchev–Trinajstić information content (AvgIpc) is 3.39. The van der Waals surface area contributed by atoms with Gasteiger partial charge in [0.1, 0.15) is 5.75 Å². The minimum atomic E-state index is -0.162. The first kappa shape index (κ1) is 19.3. The summed E-state index contributed by atoms with van der Waals surface area (Å²) in [5.74, 6) is 0.746. The predicted molar refractivity (Wildman–Crippen MR) is 119 cm³/mol. The van der Waals surface area contributed by atoms with Crippen LogP contribution in [0, 0.1) is 0 Å². The normalized spacial score (nSPS) is 12.3. The summed E-state index contributed by atoms with van der Waals surface area (Å²) in [6, 6.07) is 19.5. The summed E-state index contributed by atoms with van der Waals surface area (Å²) in [7, 11) is 1.87. The standard InChI is InChI=1S/C24H24N2O2S/c1-16(2)28-18-12-10-17(11-13-18)24(27)26(3)23(22-9-6-14-29-22)20-15-25-21-8-5-4-7-19(20)21/h4-16,23,25H,1-3H3. The molecule has 2 aromatic heterocycles. The Labute approximate surface area is 174 Å². The van der Waals surface area contributed by atoms with Crippen molar-refractivity contribution in [1.82, 2.24) is 9.88 Å². The maximum Gasteiger partial charge on any atom is 0.254 e. The lowest BCUT2D eigenvalue weighted by molar-refractivity contribution is 0.0758. The van der Waals surface area contributed by atoms with Gasteiger partial charge < -0.3 is 14.6 Å². The van der Waals surface area contributed by atoms with E-state index in [0.29, 0.717) is 5.56 Å². The van der Waals surface area contributed by atoms with Crippen LogP contribution in [0.3, 0.4) is 0 Å². The van der Waals surface area contributed by atoms with Crippen LogP contribution in [0.2, 0.25) is 0 Å². The van der Waals surface area contributed by atoms with Gasteiger partial charge in [-0.1, -0.05) is 24.3 Å². The molecule has 0 fully saturated rings. The second kappa shape index (κ2) is 8.13. The van der Waals surface area contributed by atoms with Crippen molar-refractivity contribution in [2.24, 2.45) is 0 Å². The summed E-state index contributed by atoms with van der Waals surface area (Å²) in [5, 5.41) is 3.18. The molecule has 4 nitrogen and oxygen atoms in total. The van der Waals surface area contributed by atoms with Crippen LogP contribution in [0.4, 0.5) is 0 Å². The van der Waals surface area contributed by atoms with Gasteiger partial charge >= 0.3 is 0 Å². The summed E-state index contributed by atoms with van der Waals surface area (Å²) in [4.78, 5) is 19.6. The minimum absolute atomic E-state index is 0.0234. The van der Waals surface area contributed by atoms with Crippen molar-refractivity contribution in [2.45, 2.75) is 26.0 Å². The molecule has 1 amide bonds. The zero-order valence-corrected chi connectivity index (χ0v) is 17.6. The number of rotatable bonds is 6. The number of carbonyl (C=O) groups excluding carboxylic acids is 1. The molecule has 2 aromatic carbocycles. The molecule has 1 atom stereocenters. The van der Waals surface area contributed by atoms with E-state index < -0.39 is 0 Å². The molecule has 0 saturated carbocycles. The predicted octanol–water partition coefficient (Wildman–Crippen LogP) is 5.88.